The summed E-state index contributed by atoms with van der Waals surface area (Å²) in [4.78, 5) is 12.5. The van der Waals surface area contributed by atoms with E-state index in [1.54, 1.807) is 18.2 Å². The molecule has 0 saturated carbocycles. The van der Waals surface area contributed by atoms with Crippen molar-refractivity contribution in [2.24, 2.45) is 0 Å². The second-order valence-electron chi connectivity index (χ2n) is 6.79. The number of rotatable bonds is 7. The minimum absolute atomic E-state index is 0.154. The summed E-state index contributed by atoms with van der Waals surface area (Å²) in [5.41, 5.74) is 2.40. The van der Waals surface area contributed by atoms with Gasteiger partial charge in [0.25, 0.3) is 0 Å². The first-order valence-corrected chi connectivity index (χ1v) is 11.5. The number of hydrogen-bond donors (Lipinski definition) is 1. The number of aromatic nitrogens is 3. The molecule has 31 heavy (non-hydrogen) atoms. The van der Waals surface area contributed by atoms with Gasteiger partial charge in [0.2, 0.25) is 11.7 Å². The van der Waals surface area contributed by atoms with Crippen LogP contribution in [0.2, 0.25) is 5.02 Å². The lowest BCUT2D eigenvalue weighted by Gasteiger charge is -2.09. The number of thioether (sulfide) groups is 1. The summed E-state index contributed by atoms with van der Waals surface area (Å²) in [5.74, 6) is 1.21. The van der Waals surface area contributed by atoms with Gasteiger partial charge in [-0.15, -0.1) is 16.8 Å². The van der Waals surface area contributed by atoms with E-state index in [0.29, 0.717) is 34.0 Å². The number of benzene rings is 2. The van der Waals surface area contributed by atoms with E-state index in [1.165, 1.54) is 11.8 Å². The maximum Gasteiger partial charge on any atom is 0.234 e. The maximum absolute atomic E-state index is 12.5. The van der Waals surface area contributed by atoms with Crippen LogP contribution in [0.1, 0.15) is 5.56 Å². The average Bonchev–Trinajstić information content (AvgIpc) is 3.33. The van der Waals surface area contributed by atoms with E-state index >= 15 is 0 Å². The molecule has 9 heteroatoms. The van der Waals surface area contributed by atoms with E-state index in [0.717, 1.165) is 21.0 Å². The van der Waals surface area contributed by atoms with Gasteiger partial charge in [-0.1, -0.05) is 51.4 Å². The van der Waals surface area contributed by atoms with Crippen LogP contribution in [0.25, 0.3) is 22.6 Å². The molecule has 0 unspecified atom stereocenters. The summed E-state index contributed by atoms with van der Waals surface area (Å²) in [6, 6.07) is 13.1. The van der Waals surface area contributed by atoms with Crippen molar-refractivity contribution < 1.29 is 9.21 Å². The highest BCUT2D eigenvalue weighted by Gasteiger charge is 2.18. The lowest BCUT2D eigenvalue weighted by molar-refractivity contribution is -0.113. The highest BCUT2D eigenvalue weighted by Crippen LogP contribution is 2.31. The Morgan fingerprint density at radius 2 is 2.13 bits per heavy atom. The van der Waals surface area contributed by atoms with E-state index in [4.69, 9.17) is 16.0 Å². The van der Waals surface area contributed by atoms with Gasteiger partial charge >= 0.3 is 0 Å². The fourth-order valence-corrected chi connectivity index (χ4v) is 4.34. The van der Waals surface area contributed by atoms with E-state index in [1.807, 2.05) is 41.8 Å². The molecule has 6 nitrogen and oxygen atoms in total. The molecule has 158 valence electrons. The molecule has 4 aromatic rings. The van der Waals surface area contributed by atoms with Crippen LogP contribution in [-0.2, 0) is 11.3 Å². The van der Waals surface area contributed by atoms with Gasteiger partial charge in [0.05, 0.1) is 5.75 Å². The second kappa shape index (κ2) is 9.30. The number of furan rings is 1. The van der Waals surface area contributed by atoms with Crippen LogP contribution in [0.5, 0.6) is 0 Å². The van der Waals surface area contributed by atoms with E-state index in [2.05, 4.69) is 38.0 Å². The summed E-state index contributed by atoms with van der Waals surface area (Å²) < 4.78 is 8.81. The molecule has 2 heterocycles. The fourth-order valence-electron chi connectivity index (χ4n) is 3.04. The number of halogens is 2. The third-order valence-corrected chi connectivity index (χ3v) is 6.23. The molecule has 0 bridgehead atoms. The fraction of sp³-hybridized carbons (Fsp3) is 0.136. The number of allylic oxidation sites excluding steroid dienone is 1. The van der Waals surface area contributed by atoms with Crippen molar-refractivity contribution in [2.45, 2.75) is 18.6 Å². The van der Waals surface area contributed by atoms with Crippen LogP contribution in [0, 0.1) is 6.92 Å². The third-order valence-electron chi connectivity index (χ3n) is 4.53. The number of anilines is 1. The van der Waals surface area contributed by atoms with Gasteiger partial charge in [0.1, 0.15) is 5.58 Å². The Morgan fingerprint density at radius 3 is 2.94 bits per heavy atom. The molecule has 2 aromatic carbocycles. The lowest BCUT2D eigenvalue weighted by Crippen LogP contribution is -2.15. The SMILES string of the molecule is C=CCn1c(SCC(=O)Nc2cc(Cl)ccc2C)nnc1-c1cc2cc(Br)ccc2o1. The van der Waals surface area contributed by atoms with Crippen LogP contribution in [0.3, 0.4) is 0 Å². The summed E-state index contributed by atoms with van der Waals surface area (Å²) in [6.07, 6.45) is 1.76. The molecule has 0 atom stereocenters. The van der Waals surface area contributed by atoms with Crippen LogP contribution in [0.4, 0.5) is 5.69 Å². The van der Waals surface area contributed by atoms with Gasteiger partial charge in [-0.2, -0.15) is 0 Å². The van der Waals surface area contributed by atoms with Gasteiger partial charge < -0.3 is 9.73 Å². The Balaban J connectivity index is 1.53. The largest absolute Gasteiger partial charge is 0.453 e. The van der Waals surface area contributed by atoms with Crippen LogP contribution >= 0.6 is 39.3 Å². The molecule has 0 aliphatic heterocycles. The standard InChI is InChI=1S/C22H18BrClN4O2S/c1-3-8-28-21(19-10-14-9-15(23)5-7-18(14)30-19)26-27-22(28)31-12-20(29)25-17-11-16(24)6-4-13(17)2/h3-7,9-11H,1,8,12H2,2H3,(H,25,29). The third kappa shape index (κ3) is 4.87. The van der Waals surface area contributed by atoms with Gasteiger partial charge in [0, 0.05) is 27.1 Å². The average molecular weight is 518 g/mol. The molecule has 0 aliphatic carbocycles. The van der Waals surface area contributed by atoms with E-state index in [-0.39, 0.29) is 11.7 Å². The zero-order valence-corrected chi connectivity index (χ0v) is 19.7. The molecular formula is C22H18BrClN4O2S. The highest BCUT2D eigenvalue weighted by atomic mass is 79.9. The number of amides is 1. The van der Waals surface area contributed by atoms with Crippen molar-refractivity contribution in [3.8, 4) is 11.6 Å². The minimum Gasteiger partial charge on any atom is -0.453 e. The Labute approximate surface area is 196 Å². The number of nitrogens with zero attached hydrogens (tertiary/aromatic N) is 3. The highest BCUT2D eigenvalue weighted by molar-refractivity contribution is 9.10. The number of nitrogens with one attached hydrogen (secondary N) is 1. The minimum atomic E-state index is -0.154. The smallest absolute Gasteiger partial charge is 0.234 e. The van der Waals surface area contributed by atoms with Crippen molar-refractivity contribution in [1.82, 2.24) is 14.8 Å². The molecular weight excluding hydrogens is 500 g/mol. The molecule has 1 N–H and O–H groups in total. The number of carbonyl (C=O) groups is 1. The van der Waals surface area contributed by atoms with Gasteiger partial charge in [-0.3, -0.25) is 9.36 Å². The van der Waals surface area contributed by atoms with Gasteiger partial charge in [0.15, 0.2) is 10.9 Å². The molecule has 2 aromatic heterocycles. The predicted molar refractivity (Wildman–Crippen MR) is 129 cm³/mol. The zero-order valence-electron chi connectivity index (χ0n) is 16.6. The second-order valence-corrected chi connectivity index (χ2v) is 9.09. The monoisotopic (exact) mass is 516 g/mol. The quantitative estimate of drug-likeness (QED) is 0.229. The molecule has 0 fully saturated rings. The van der Waals surface area contributed by atoms with Crippen molar-refractivity contribution in [1.29, 1.82) is 0 Å². The van der Waals surface area contributed by atoms with E-state index in [9.17, 15) is 4.79 Å². The summed E-state index contributed by atoms with van der Waals surface area (Å²) in [5, 5.41) is 13.6. The van der Waals surface area contributed by atoms with Crippen molar-refractivity contribution >= 4 is 61.9 Å². The Bertz CT molecular complexity index is 1280. The number of carbonyl (C=O) groups excluding carboxylic acids is 1. The molecule has 0 radical (unpaired) electrons. The first-order chi connectivity index (χ1) is 14.9. The predicted octanol–water partition coefficient (Wildman–Crippen LogP) is 6.33. The Kier molecular flexibility index (Phi) is 6.50. The van der Waals surface area contributed by atoms with Gasteiger partial charge in [-0.05, 0) is 48.9 Å². The van der Waals surface area contributed by atoms with Crippen LogP contribution in [-0.4, -0.2) is 26.4 Å². The van der Waals surface area contributed by atoms with Crippen LogP contribution < -0.4 is 5.32 Å². The zero-order chi connectivity index (χ0) is 22.0. The number of aryl methyl sites for hydroxylation is 1. The number of fused-ring (bicyclic) bond motifs is 1. The van der Waals surface area contributed by atoms with Crippen molar-refractivity contribution in [3.05, 3.63) is 70.2 Å². The normalized spacial score (nSPS) is 11.1. The van der Waals surface area contributed by atoms with Gasteiger partial charge in [-0.25, -0.2) is 0 Å². The summed E-state index contributed by atoms with van der Waals surface area (Å²) in [6.45, 7) is 6.22. The summed E-state index contributed by atoms with van der Waals surface area (Å²) >= 11 is 10.8. The first-order valence-electron chi connectivity index (χ1n) is 9.37. The molecule has 0 saturated heterocycles. The Hall–Kier alpha value is -2.55. The molecule has 0 spiro atoms. The van der Waals surface area contributed by atoms with Crippen molar-refractivity contribution in [2.75, 3.05) is 11.1 Å². The first kappa shape index (κ1) is 21.7. The summed E-state index contributed by atoms with van der Waals surface area (Å²) in [7, 11) is 0. The number of hydrogen-bond acceptors (Lipinski definition) is 5. The topological polar surface area (TPSA) is 73.0 Å². The van der Waals surface area contributed by atoms with Crippen LogP contribution in [0.15, 0.2) is 69.2 Å². The maximum atomic E-state index is 12.5. The molecule has 1 amide bonds. The van der Waals surface area contributed by atoms with Crippen molar-refractivity contribution in [3.63, 3.8) is 0 Å². The molecule has 0 aliphatic rings. The van der Waals surface area contributed by atoms with E-state index < -0.39 is 0 Å². The Morgan fingerprint density at radius 1 is 1.29 bits per heavy atom. The lowest BCUT2D eigenvalue weighted by atomic mass is 10.2. The molecule has 4 rings (SSSR count).